The molecule has 0 spiro atoms. The molecule has 0 N–H and O–H groups in total. The fourth-order valence-corrected chi connectivity index (χ4v) is 2.02. The number of hydrogen-bond donors (Lipinski definition) is 0. The number of Topliss-reactive ketones (excluding diaryl/α,β-unsaturated/α-hetero) is 1. The van der Waals surface area contributed by atoms with Gasteiger partial charge in [0.05, 0.1) is 6.07 Å². The van der Waals surface area contributed by atoms with E-state index >= 15 is 0 Å². The molecule has 1 saturated carbocycles. The zero-order valence-corrected chi connectivity index (χ0v) is 10.7. The van der Waals surface area contributed by atoms with Crippen LogP contribution in [0.25, 0.3) is 0 Å². The summed E-state index contributed by atoms with van der Waals surface area (Å²) in [5.74, 6) is -0.116. The van der Waals surface area contributed by atoms with Crippen LogP contribution in [0.1, 0.15) is 36.0 Å². The molecule has 4 heteroatoms. The summed E-state index contributed by atoms with van der Waals surface area (Å²) in [6.45, 7) is 0.128. The number of hydrogen-bond acceptors (Lipinski definition) is 3. The summed E-state index contributed by atoms with van der Waals surface area (Å²) in [6, 6.07) is 11.2. The maximum absolute atomic E-state index is 12.0. The molecule has 1 aromatic carbocycles. The van der Waals surface area contributed by atoms with E-state index in [1.165, 1.54) is 0 Å². The van der Waals surface area contributed by atoms with Gasteiger partial charge in [0.15, 0.2) is 5.78 Å². The highest BCUT2D eigenvalue weighted by Gasteiger charge is 2.32. The summed E-state index contributed by atoms with van der Waals surface area (Å²) < 4.78 is 0. The zero-order valence-electron chi connectivity index (χ0n) is 10.7. The minimum atomic E-state index is -0.0895. The second kappa shape index (κ2) is 6.14. The maximum Gasteiger partial charge on any atom is 0.224 e. The number of carbonyl (C=O) groups is 2. The molecule has 0 aliphatic heterocycles. The largest absolute Gasteiger partial charge is 0.326 e. The zero-order chi connectivity index (χ0) is 13.7. The van der Waals surface area contributed by atoms with Gasteiger partial charge < -0.3 is 4.90 Å². The minimum Gasteiger partial charge on any atom is -0.326 e. The lowest BCUT2D eigenvalue weighted by molar-refractivity contribution is -0.131. The second-order valence-corrected chi connectivity index (χ2v) is 4.70. The van der Waals surface area contributed by atoms with Gasteiger partial charge in [-0.3, -0.25) is 9.59 Å². The first kappa shape index (κ1) is 13.3. The predicted molar refractivity (Wildman–Crippen MR) is 70.4 cm³/mol. The molecule has 1 aliphatic rings. The summed E-state index contributed by atoms with van der Waals surface area (Å²) in [5, 5.41) is 8.71. The van der Waals surface area contributed by atoms with E-state index in [1.807, 2.05) is 12.1 Å². The van der Waals surface area contributed by atoms with Gasteiger partial charge in [0, 0.05) is 24.4 Å². The van der Waals surface area contributed by atoms with Crippen LogP contribution in [0, 0.1) is 11.3 Å². The summed E-state index contributed by atoms with van der Waals surface area (Å²) >= 11 is 0. The van der Waals surface area contributed by atoms with E-state index in [1.54, 1.807) is 29.2 Å². The van der Waals surface area contributed by atoms with Gasteiger partial charge in [0.2, 0.25) is 5.91 Å². The quantitative estimate of drug-likeness (QED) is 0.579. The van der Waals surface area contributed by atoms with E-state index in [-0.39, 0.29) is 37.1 Å². The molecule has 1 aromatic rings. The highest BCUT2D eigenvalue weighted by molar-refractivity contribution is 5.97. The number of ketones is 1. The highest BCUT2D eigenvalue weighted by Crippen LogP contribution is 2.27. The molecule has 98 valence electrons. The molecule has 0 atom stereocenters. The number of amides is 1. The molecule has 1 amide bonds. The van der Waals surface area contributed by atoms with Crippen LogP contribution in [-0.2, 0) is 4.79 Å². The molecule has 1 aliphatic carbocycles. The molecule has 19 heavy (non-hydrogen) atoms. The van der Waals surface area contributed by atoms with Crippen molar-refractivity contribution in [2.24, 2.45) is 0 Å². The molecular weight excluding hydrogens is 240 g/mol. The van der Waals surface area contributed by atoms with Gasteiger partial charge in [-0.1, -0.05) is 30.3 Å². The van der Waals surface area contributed by atoms with Crippen molar-refractivity contribution in [3.8, 4) is 6.07 Å². The van der Waals surface area contributed by atoms with Gasteiger partial charge in [-0.15, -0.1) is 0 Å². The lowest BCUT2D eigenvalue weighted by Gasteiger charge is -2.18. The van der Waals surface area contributed by atoms with E-state index in [0.29, 0.717) is 5.56 Å². The minimum absolute atomic E-state index is 0.0262. The van der Waals surface area contributed by atoms with Crippen molar-refractivity contribution in [1.29, 1.82) is 5.26 Å². The normalized spacial score (nSPS) is 13.6. The Bertz CT molecular complexity index is 501. The Kier molecular flexibility index (Phi) is 4.30. The first-order chi connectivity index (χ1) is 9.22. The van der Waals surface area contributed by atoms with Crippen molar-refractivity contribution in [2.45, 2.75) is 31.7 Å². The standard InChI is InChI=1S/C15H16N2O2/c16-10-11-17(13-6-7-13)15(19)9-8-14(18)12-4-2-1-3-5-12/h1-5,13H,6-9,11H2. The van der Waals surface area contributed by atoms with Crippen molar-refractivity contribution in [1.82, 2.24) is 4.90 Å². The van der Waals surface area contributed by atoms with Crippen molar-refractivity contribution in [2.75, 3.05) is 6.54 Å². The summed E-state index contributed by atoms with van der Waals surface area (Å²) in [5.41, 5.74) is 0.633. The molecule has 0 unspecified atom stereocenters. The molecule has 0 saturated heterocycles. The van der Waals surface area contributed by atoms with Crippen molar-refractivity contribution in [3.63, 3.8) is 0 Å². The summed E-state index contributed by atoms with van der Waals surface area (Å²) in [6.07, 6.45) is 2.34. The van der Waals surface area contributed by atoms with Gasteiger partial charge in [0.1, 0.15) is 6.54 Å². The third-order valence-corrected chi connectivity index (χ3v) is 3.21. The Morgan fingerprint density at radius 1 is 1.21 bits per heavy atom. The fourth-order valence-electron chi connectivity index (χ4n) is 2.02. The maximum atomic E-state index is 12.0. The highest BCUT2D eigenvalue weighted by atomic mass is 16.2. The summed E-state index contributed by atoms with van der Waals surface area (Å²) in [7, 11) is 0. The van der Waals surface area contributed by atoms with Crippen LogP contribution in [0.15, 0.2) is 30.3 Å². The topological polar surface area (TPSA) is 61.2 Å². The molecule has 1 fully saturated rings. The van der Waals surface area contributed by atoms with Crippen LogP contribution in [0.4, 0.5) is 0 Å². The Hall–Kier alpha value is -2.15. The van der Waals surface area contributed by atoms with Crippen molar-refractivity contribution in [3.05, 3.63) is 35.9 Å². The Morgan fingerprint density at radius 2 is 1.89 bits per heavy atom. The van der Waals surface area contributed by atoms with Crippen LogP contribution in [0.3, 0.4) is 0 Å². The summed E-state index contributed by atoms with van der Waals surface area (Å²) in [4.78, 5) is 25.4. The van der Waals surface area contributed by atoms with Crippen LogP contribution in [0.5, 0.6) is 0 Å². The van der Waals surface area contributed by atoms with E-state index in [2.05, 4.69) is 0 Å². The van der Waals surface area contributed by atoms with Gasteiger partial charge in [-0.05, 0) is 12.8 Å². The lowest BCUT2D eigenvalue weighted by atomic mass is 10.1. The molecular formula is C15H16N2O2. The SMILES string of the molecule is N#CCN(C(=O)CCC(=O)c1ccccc1)C1CC1. The predicted octanol–water partition coefficient (Wildman–Crippen LogP) is 2.16. The second-order valence-electron chi connectivity index (χ2n) is 4.70. The third kappa shape index (κ3) is 3.65. The van der Waals surface area contributed by atoms with Crippen LogP contribution >= 0.6 is 0 Å². The van der Waals surface area contributed by atoms with Crippen LogP contribution < -0.4 is 0 Å². The Morgan fingerprint density at radius 3 is 2.47 bits per heavy atom. The monoisotopic (exact) mass is 256 g/mol. The van der Waals surface area contributed by atoms with E-state index in [0.717, 1.165) is 12.8 Å². The van der Waals surface area contributed by atoms with Gasteiger partial charge in [-0.25, -0.2) is 0 Å². The molecule has 0 radical (unpaired) electrons. The first-order valence-electron chi connectivity index (χ1n) is 6.47. The molecule has 4 nitrogen and oxygen atoms in total. The third-order valence-electron chi connectivity index (χ3n) is 3.21. The number of nitrogens with zero attached hydrogens (tertiary/aromatic N) is 2. The molecule has 2 rings (SSSR count). The van der Waals surface area contributed by atoms with Crippen LogP contribution in [-0.4, -0.2) is 29.2 Å². The van der Waals surface area contributed by atoms with Crippen molar-refractivity contribution >= 4 is 11.7 Å². The van der Waals surface area contributed by atoms with E-state index in [4.69, 9.17) is 5.26 Å². The van der Waals surface area contributed by atoms with Gasteiger partial charge in [-0.2, -0.15) is 5.26 Å². The number of carbonyl (C=O) groups excluding carboxylic acids is 2. The average molecular weight is 256 g/mol. The number of benzene rings is 1. The Labute approximate surface area is 112 Å². The fraction of sp³-hybridized carbons (Fsp3) is 0.400. The number of nitriles is 1. The molecule has 0 heterocycles. The lowest BCUT2D eigenvalue weighted by Crippen LogP contribution is -2.33. The van der Waals surface area contributed by atoms with Gasteiger partial charge in [0.25, 0.3) is 0 Å². The van der Waals surface area contributed by atoms with E-state index < -0.39 is 0 Å². The molecule has 0 aromatic heterocycles. The number of rotatable bonds is 6. The Balaban J connectivity index is 1.86. The average Bonchev–Trinajstić information content (AvgIpc) is 3.27. The van der Waals surface area contributed by atoms with E-state index in [9.17, 15) is 9.59 Å². The smallest absolute Gasteiger partial charge is 0.224 e. The van der Waals surface area contributed by atoms with Crippen LogP contribution in [0.2, 0.25) is 0 Å². The first-order valence-corrected chi connectivity index (χ1v) is 6.47. The van der Waals surface area contributed by atoms with Gasteiger partial charge >= 0.3 is 0 Å². The van der Waals surface area contributed by atoms with Crippen molar-refractivity contribution < 1.29 is 9.59 Å². The molecule has 0 bridgehead atoms.